The highest BCUT2D eigenvalue weighted by Gasteiger charge is 2.38. The molecule has 1 saturated heterocycles. The smallest absolute Gasteiger partial charge is 0.255 e. The van der Waals surface area contributed by atoms with Crippen LogP contribution in [0.4, 0.5) is 4.39 Å². The van der Waals surface area contributed by atoms with E-state index in [1.165, 1.54) is 31.2 Å². The van der Waals surface area contributed by atoms with E-state index in [4.69, 9.17) is 0 Å². The minimum atomic E-state index is -0.614. The maximum Gasteiger partial charge on any atom is 0.255 e. The highest BCUT2D eigenvalue weighted by atomic mass is 19.1. The highest BCUT2D eigenvalue weighted by Crippen LogP contribution is 2.33. The van der Waals surface area contributed by atoms with Gasteiger partial charge in [-0.2, -0.15) is 0 Å². The molecule has 3 fully saturated rings. The van der Waals surface area contributed by atoms with E-state index in [0.29, 0.717) is 50.2 Å². The van der Waals surface area contributed by atoms with Crippen LogP contribution in [0.25, 0.3) is 0 Å². The van der Waals surface area contributed by atoms with Crippen molar-refractivity contribution in [3.63, 3.8) is 0 Å². The molecule has 4 aliphatic rings. The summed E-state index contributed by atoms with van der Waals surface area (Å²) in [5, 5.41) is 6.69. The summed E-state index contributed by atoms with van der Waals surface area (Å²) in [6, 6.07) is 6.78. The zero-order valence-corrected chi connectivity index (χ0v) is 19.5. The molecule has 2 N–H and O–H groups in total. The maximum absolute atomic E-state index is 13.5. The maximum atomic E-state index is 13.5. The molecule has 2 saturated carbocycles. The minimum absolute atomic E-state index is 0.0371. The van der Waals surface area contributed by atoms with Gasteiger partial charge in [0.05, 0.1) is 0 Å². The molecule has 1 aromatic carbocycles. The number of halogens is 1. The molecule has 0 radical (unpaired) electrons. The number of carbonyl (C=O) groups is 2. The van der Waals surface area contributed by atoms with Crippen LogP contribution in [-0.2, 0) is 17.8 Å². The number of nitrogens with zero attached hydrogens (tertiary/aromatic N) is 1. The van der Waals surface area contributed by atoms with Crippen molar-refractivity contribution < 1.29 is 14.0 Å². The Balaban J connectivity index is 1.24. The minimum Gasteiger partial charge on any atom is -0.329 e. The first kappa shape index (κ1) is 22.6. The van der Waals surface area contributed by atoms with Crippen molar-refractivity contribution in [3.8, 4) is 0 Å². The van der Waals surface area contributed by atoms with E-state index in [1.807, 2.05) is 6.07 Å². The molecular weight excluding hydrogens is 417 g/mol. The number of benzene rings is 1. The van der Waals surface area contributed by atoms with Crippen LogP contribution in [0.5, 0.6) is 0 Å². The largest absolute Gasteiger partial charge is 0.329 e. The Morgan fingerprint density at radius 3 is 2.64 bits per heavy atom. The predicted molar refractivity (Wildman–Crippen MR) is 126 cm³/mol. The van der Waals surface area contributed by atoms with Gasteiger partial charge in [0, 0.05) is 29.9 Å². The predicted octanol–water partition coefficient (Wildman–Crippen LogP) is 4.41. The third kappa shape index (κ3) is 4.86. The van der Waals surface area contributed by atoms with E-state index in [9.17, 15) is 14.0 Å². The lowest BCUT2D eigenvalue weighted by Gasteiger charge is -2.37. The molecule has 1 unspecified atom stereocenters. The summed E-state index contributed by atoms with van der Waals surface area (Å²) >= 11 is 0. The van der Waals surface area contributed by atoms with Gasteiger partial charge in [0.25, 0.3) is 5.91 Å². The Bertz CT molecular complexity index is 924. The van der Waals surface area contributed by atoms with Crippen molar-refractivity contribution in [3.05, 3.63) is 47.2 Å². The second-order valence-corrected chi connectivity index (χ2v) is 10.5. The number of hydrogen-bond donors (Lipinski definition) is 2. The fourth-order valence-corrected chi connectivity index (χ4v) is 6.33. The summed E-state index contributed by atoms with van der Waals surface area (Å²) < 4.78 is 13.5. The monoisotopic (exact) mass is 453 g/mol. The Morgan fingerprint density at radius 2 is 1.85 bits per heavy atom. The lowest BCUT2D eigenvalue weighted by molar-refractivity contribution is -0.126. The number of amides is 2. The lowest BCUT2D eigenvalue weighted by atomic mass is 9.79. The number of fused-ring (bicyclic) bond motifs is 1. The Labute approximate surface area is 196 Å². The second-order valence-electron chi connectivity index (χ2n) is 10.5. The van der Waals surface area contributed by atoms with Gasteiger partial charge in [-0.3, -0.25) is 9.59 Å². The molecule has 5 rings (SSSR count). The lowest BCUT2D eigenvalue weighted by Crippen LogP contribution is -2.49. The third-order valence-corrected chi connectivity index (χ3v) is 8.21. The van der Waals surface area contributed by atoms with Gasteiger partial charge in [-0.15, -0.1) is 0 Å². The van der Waals surface area contributed by atoms with Gasteiger partial charge in [-0.05, 0) is 80.9 Å². The van der Waals surface area contributed by atoms with Crippen molar-refractivity contribution in [1.29, 1.82) is 0 Å². The molecule has 2 heterocycles. The molecule has 2 amide bonds. The first-order valence-electron chi connectivity index (χ1n) is 12.8. The summed E-state index contributed by atoms with van der Waals surface area (Å²) in [4.78, 5) is 27.2. The van der Waals surface area contributed by atoms with Gasteiger partial charge in [0.1, 0.15) is 12.2 Å². The molecular formula is C27H36FN3O2. The molecule has 1 aromatic rings. The van der Waals surface area contributed by atoms with Gasteiger partial charge in [-0.1, -0.05) is 31.6 Å². The van der Waals surface area contributed by atoms with E-state index in [2.05, 4.69) is 29.3 Å². The molecule has 2 aliphatic heterocycles. The van der Waals surface area contributed by atoms with Crippen LogP contribution >= 0.6 is 0 Å². The standard InChI is InChI=1S/C27H36FN3O2/c1-17-6-13-25(26(32)29-17)31-16-20-15-18(7-12-23(20)27(31)33)14-19-4-2-3-5-24(19)30-22-10-8-21(28)9-11-22/h7,12,15,19,21-22,24-25,30H,1-6,8-11,13-14,16H2,(H,29,32)/t19-,21-,22+,24+,25?/m1/s1. The number of allylic oxidation sites excluding steroid dienone is 1. The number of nitrogens with one attached hydrogen (secondary N) is 2. The Morgan fingerprint density at radius 1 is 1.06 bits per heavy atom. The van der Waals surface area contributed by atoms with Crippen molar-refractivity contribution in [1.82, 2.24) is 15.5 Å². The summed E-state index contributed by atoms with van der Waals surface area (Å²) in [5.41, 5.74) is 3.78. The number of piperidine rings is 1. The average molecular weight is 454 g/mol. The van der Waals surface area contributed by atoms with Crippen LogP contribution < -0.4 is 10.6 Å². The molecule has 0 aromatic heterocycles. The molecule has 33 heavy (non-hydrogen) atoms. The normalized spacial score (nSPS) is 32.6. The molecule has 2 aliphatic carbocycles. The van der Waals surface area contributed by atoms with Gasteiger partial charge < -0.3 is 15.5 Å². The van der Waals surface area contributed by atoms with Crippen LogP contribution in [0, 0.1) is 5.92 Å². The van der Waals surface area contributed by atoms with Gasteiger partial charge in [0.2, 0.25) is 5.91 Å². The van der Waals surface area contributed by atoms with E-state index in [-0.39, 0.29) is 11.8 Å². The number of hydrogen-bond acceptors (Lipinski definition) is 3. The van der Waals surface area contributed by atoms with Crippen LogP contribution in [0.3, 0.4) is 0 Å². The fraction of sp³-hybridized carbons (Fsp3) is 0.630. The fourth-order valence-electron chi connectivity index (χ4n) is 6.33. The van der Waals surface area contributed by atoms with E-state index < -0.39 is 12.2 Å². The Kier molecular flexibility index (Phi) is 6.55. The highest BCUT2D eigenvalue weighted by molar-refractivity contribution is 6.01. The van der Waals surface area contributed by atoms with Crippen molar-refractivity contribution in [2.24, 2.45) is 5.92 Å². The summed E-state index contributed by atoms with van der Waals surface area (Å²) in [7, 11) is 0. The van der Waals surface area contributed by atoms with Gasteiger partial charge in [0.15, 0.2) is 0 Å². The first-order chi connectivity index (χ1) is 16.0. The number of alkyl halides is 1. The van der Waals surface area contributed by atoms with Crippen molar-refractivity contribution in [2.45, 2.75) is 101 Å². The van der Waals surface area contributed by atoms with Crippen LogP contribution in [-0.4, -0.2) is 41.0 Å². The SMILES string of the molecule is C=C1CCC(N2Cc3cc(C[C@H]4CCCC[C@@H]4N[C@H]4CC[C@@H](F)CC4)ccc3C2=O)C(=O)N1. The molecule has 178 valence electrons. The number of carbonyl (C=O) groups excluding carboxylic acids is 2. The van der Waals surface area contributed by atoms with E-state index in [1.54, 1.807) is 4.90 Å². The first-order valence-corrected chi connectivity index (χ1v) is 12.8. The summed E-state index contributed by atoms with van der Waals surface area (Å²) in [6.07, 6.45) is 9.95. The Hall–Kier alpha value is -2.21. The third-order valence-electron chi connectivity index (χ3n) is 8.21. The van der Waals surface area contributed by atoms with Gasteiger partial charge in [-0.25, -0.2) is 4.39 Å². The summed E-state index contributed by atoms with van der Waals surface area (Å²) in [5.74, 6) is 0.415. The second kappa shape index (κ2) is 9.57. The molecule has 3 atom stereocenters. The van der Waals surface area contributed by atoms with E-state index in [0.717, 1.165) is 36.1 Å². The van der Waals surface area contributed by atoms with Gasteiger partial charge >= 0.3 is 0 Å². The van der Waals surface area contributed by atoms with E-state index >= 15 is 0 Å². The molecule has 6 heteroatoms. The molecule has 0 spiro atoms. The molecule has 5 nitrogen and oxygen atoms in total. The molecule has 0 bridgehead atoms. The van der Waals surface area contributed by atoms with Crippen LogP contribution in [0.1, 0.15) is 85.7 Å². The van der Waals surface area contributed by atoms with Crippen molar-refractivity contribution in [2.75, 3.05) is 0 Å². The zero-order chi connectivity index (χ0) is 22.9. The van der Waals surface area contributed by atoms with Crippen molar-refractivity contribution >= 4 is 11.8 Å². The zero-order valence-electron chi connectivity index (χ0n) is 19.5. The quantitative estimate of drug-likeness (QED) is 0.694. The topological polar surface area (TPSA) is 61.4 Å². The summed E-state index contributed by atoms with van der Waals surface area (Å²) in [6.45, 7) is 4.35. The van der Waals surface area contributed by atoms with Crippen LogP contribution in [0.2, 0.25) is 0 Å². The van der Waals surface area contributed by atoms with Crippen LogP contribution in [0.15, 0.2) is 30.5 Å². The number of rotatable bonds is 5. The average Bonchev–Trinajstić information content (AvgIpc) is 3.12.